The number of pyridine rings is 1. The number of nitrogens with zero attached hydrogens (tertiary/aromatic N) is 2. The van der Waals surface area contributed by atoms with E-state index in [9.17, 15) is 9.90 Å². The van der Waals surface area contributed by atoms with Crippen LogP contribution in [0.4, 0.5) is 4.79 Å². The van der Waals surface area contributed by atoms with Crippen LogP contribution < -0.4 is 5.73 Å². The van der Waals surface area contributed by atoms with Gasteiger partial charge in [0, 0.05) is 28.8 Å². The lowest BCUT2D eigenvalue weighted by Crippen LogP contribution is -2.41. The van der Waals surface area contributed by atoms with Crippen molar-refractivity contribution in [1.82, 2.24) is 9.88 Å². The first kappa shape index (κ1) is 16.2. The summed E-state index contributed by atoms with van der Waals surface area (Å²) in [5, 5.41) is 9.23. The van der Waals surface area contributed by atoms with Gasteiger partial charge in [-0.1, -0.05) is 0 Å². The molecule has 0 aromatic carbocycles. The van der Waals surface area contributed by atoms with Crippen LogP contribution in [0.3, 0.4) is 0 Å². The summed E-state index contributed by atoms with van der Waals surface area (Å²) in [4.78, 5) is 17.1. The first-order valence-electron chi connectivity index (χ1n) is 7.17. The molecule has 0 spiro atoms. The summed E-state index contributed by atoms with van der Waals surface area (Å²) in [7, 11) is 0. The van der Waals surface area contributed by atoms with Gasteiger partial charge in [-0.3, -0.25) is 4.98 Å². The predicted molar refractivity (Wildman–Crippen MR) is 85.0 cm³/mol. The molecule has 2 heterocycles. The number of likely N-dealkylation sites (tertiary alicyclic amines) is 1. The minimum atomic E-state index is -0.832. The van der Waals surface area contributed by atoms with E-state index in [2.05, 4.69) is 20.9 Å². The van der Waals surface area contributed by atoms with Crippen LogP contribution in [0.2, 0.25) is 0 Å². The zero-order valence-electron chi connectivity index (χ0n) is 12.4. The van der Waals surface area contributed by atoms with E-state index in [0.717, 1.165) is 29.4 Å². The zero-order chi connectivity index (χ0) is 15.6. The van der Waals surface area contributed by atoms with Crippen molar-refractivity contribution in [3.63, 3.8) is 0 Å². The van der Waals surface area contributed by atoms with Crippen LogP contribution in [0.5, 0.6) is 0 Å². The number of aromatic nitrogens is 1. The van der Waals surface area contributed by atoms with E-state index in [1.54, 1.807) is 11.1 Å². The molecule has 1 saturated heterocycles. The van der Waals surface area contributed by atoms with Crippen molar-refractivity contribution in [3.8, 4) is 0 Å². The summed E-state index contributed by atoms with van der Waals surface area (Å²) >= 11 is 3.36. The number of carbonyl (C=O) groups is 1. The van der Waals surface area contributed by atoms with Gasteiger partial charge < -0.3 is 15.7 Å². The van der Waals surface area contributed by atoms with Crippen LogP contribution in [0.15, 0.2) is 22.8 Å². The van der Waals surface area contributed by atoms with Gasteiger partial charge in [0.1, 0.15) is 0 Å². The lowest BCUT2D eigenvalue weighted by molar-refractivity contribution is 0.117. The number of amides is 1. The Morgan fingerprint density at radius 2 is 2.33 bits per heavy atom. The zero-order valence-corrected chi connectivity index (χ0v) is 14.0. The molecule has 1 fully saturated rings. The Labute approximate surface area is 133 Å². The summed E-state index contributed by atoms with van der Waals surface area (Å²) in [6.07, 6.45) is 3.55. The summed E-state index contributed by atoms with van der Waals surface area (Å²) in [5.74, 6) is 0.373. The van der Waals surface area contributed by atoms with E-state index < -0.39 is 6.09 Å². The average molecular weight is 356 g/mol. The molecule has 0 bridgehead atoms. The second-order valence-electron chi connectivity index (χ2n) is 6.36. The molecule has 0 aliphatic carbocycles. The summed E-state index contributed by atoms with van der Waals surface area (Å²) in [6, 6.07) is 3.77. The Hall–Kier alpha value is -1.14. The topological polar surface area (TPSA) is 79.5 Å². The SMILES string of the molecule is CC1(C)C[C@H](CCC(N)c2ccc(Br)cn2)CN1C(=O)O. The Morgan fingerprint density at radius 1 is 1.62 bits per heavy atom. The highest BCUT2D eigenvalue weighted by Crippen LogP contribution is 2.35. The van der Waals surface area contributed by atoms with Gasteiger partial charge in [-0.15, -0.1) is 0 Å². The molecule has 21 heavy (non-hydrogen) atoms. The monoisotopic (exact) mass is 355 g/mol. The van der Waals surface area contributed by atoms with Gasteiger partial charge in [-0.2, -0.15) is 0 Å². The molecule has 2 rings (SSSR count). The Balaban J connectivity index is 1.89. The van der Waals surface area contributed by atoms with Gasteiger partial charge >= 0.3 is 6.09 Å². The van der Waals surface area contributed by atoms with Crippen molar-refractivity contribution in [2.75, 3.05) is 6.54 Å². The molecule has 116 valence electrons. The molecule has 0 radical (unpaired) electrons. The maximum Gasteiger partial charge on any atom is 0.407 e. The van der Waals surface area contributed by atoms with Crippen LogP contribution in [0, 0.1) is 5.92 Å². The lowest BCUT2D eigenvalue weighted by atomic mass is 9.91. The molecule has 6 heteroatoms. The second-order valence-corrected chi connectivity index (χ2v) is 7.28. The Morgan fingerprint density at radius 3 is 2.86 bits per heavy atom. The average Bonchev–Trinajstić information content (AvgIpc) is 2.72. The highest BCUT2D eigenvalue weighted by molar-refractivity contribution is 9.10. The van der Waals surface area contributed by atoms with Crippen LogP contribution >= 0.6 is 15.9 Å². The molecule has 5 nitrogen and oxygen atoms in total. The number of hydrogen-bond donors (Lipinski definition) is 2. The smallest absolute Gasteiger partial charge is 0.407 e. The van der Waals surface area contributed by atoms with Crippen molar-refractivity contribution in [1.29, 1.82) is 0 Å². The second kappa shape index (κ2) is 6.32. The van der Waals surface area contributed by atoms with Gasteiger partial charge in [-0.25, -0.2) is 4.79 Å². The first-order valence-corrected chi connectivity index (χ1v) is 7.96. The molecule has 1 aromatic heterocycles. The van der Waals surface area contributed by atoms with Crippen LogP contribution in [0.1, 0.15) is 44.8 Å². The number of hydrogen-bond acceptors (Lipinski definition) is 3. The molecule has 1 aromatic rings. The van der Waals surface area contributed by atoms with E-state index in [-0.39, 0.29) is 11.6 Å². The van der Waals surface area contributed by atoms with E-state index in [0.29, 0.717) is 12.5 Å². The first-order chi connectivity index (χ1) is 9.79. The van der Waals surface area contributed by atoms with E-state index >= 15 is 0 Å². The lowest BCUT2D eigenvalue weighted by Gasteiger charge is -2.28. The third-order valence-corrected chi connectivity index (χ3v) is 4.68. The maximum absolute atomic E-state index is 11.2. The van der Waals surface area contributed by atoms with Crippen LogP contribution in [-0.4, -0.2) is 33.2 Å². The van der Waals surface area contributed by atoms with Crippen molar-refractivity contribution < 1.29 is 9.90 Å². The maximum atomic E-state index is 11.2. The van der Waals surface area contributed by atoms with Crippen molar-refractivity contribution in [2.45, 2.75) is 44.7 Å². The van der Waals surface area contributed by atoms with Gasteiger partial charge in [0.2, 0.25) is 0 Å². The number of nitrogens with two attached hydrogens (primary N) is 1. The standard InChI is InChI=1S/C15H22BrN3O2/c1-15(2)7-10(9-19(15)14(20)21)3-5-12(17)13-6-4-11(16)8-18-13/h4,6,8,10,12H,3,5,7,9,17H2,1-2H3,(H,20,21)/t10-,12?/m0/s1. The highest BCUT2D eigenvalue weighted by Gasteiger charge is 2.40. The van der Waals surface area contributed by atoms with Gasteiger partial charge in [0.25, 0.3) is 0 Å². The molecule has 0 saturated carbocycles. The molecule has 1 unspecified atom stereocenters. The normalized spacial score (nSPS) is 22.3. The molecule has 1 amide bonds. The molecule has 2 atom stereocenters. The minimum Gasteiger partial charge on any atom is -0.465 e. The number of carboxylic acid groups (broad SMARTS) is 1. The van der Waals surface area contributed by atoms with E-state index in [4.69, 9.17) is 5.73 Å². The third-order valence-electron chi connectivity index (χ3n) is 4.21. The fourth-order valence-corrected chi connectivity index (χ4v) is 3.32. The highest BCUT2D eigenvalue weighted by atomic mass is 79.9. The van der Waals surface area contributed by atoms with Crippen LogP contribution in [0.25, 0.3) is 0 Å². The third kappa shape index (κ3) is 3.95. The van der Waals surface area contributed by atoms with Crippen molar-refractivity contribution in [2.24, 2.45) is 11.7 Å². The number of rotatable bonds is 4. The Bertz CT molecular complexity index is 504. The van der Waals surface area contributed by atoms with Gasteiger partial charge in [0.15, 0.2) is 0 Å². The largest absolute Gasteiger partial charge is 0.465 e. The summed E-state index contributed by atoms with van der Waals surface area (Å²) < 4.78 is 0.938. The predicted octanol–water partition coefficient (Wildman–Crippen LogP) is 3.40. The molecular formula is C15H22BrN3O2. The molecule has 1 aliphatic rings. The van der Waals surface area contributed by atoms with Gasteiger partial charge in [0.05, 0.1) is 5.69 Å². The molecule has 3 N–H and O–H groups in total. The van der Waals surface area contributed by atoms with E-state index in [1.807, 2.05) is 26.0 Å². The molecular weight excluding hydrogens is 334 g/mol. The van der Waals surface area contributed by atoms with Gasteiger partial charge in [-0.05, 0) is 67.1 Å². The fourth-order valence-electron chi connectivity index (χ4n) is 3.09. The van der Waals surface area contributed by atoms with Crippen LogP contribution in [-0.2, 0) is 0 Å². The van der Waals surface area contributed by atoms with Crippen molar-refractivity contribution >= 4 is 22.0 Å². The quantitative estimate of drug-likeness (QED) is 0.867. The number of halogens is 1. The van der Waals surface area contributed by atoms with Crippen molar-refractivity contribution in [3.05, 3.63) is 28.5 Å². The minimum absolute atomic E-state index is 0.0971. The Kier molecular flexibility index (Phi) is 4.88. The summed E-state index contributed by atoms with van der Waals surface area (Å²) in [6.45, 7) is 4.57. The van der Waals surface area contributed by atoms with E-state index in [1.165, 1.54) is 0 Å². The molecule has 1 aliphatic heterocycles. The summed E-state index contributed by atoms with van der Waals surface area (Å²) in [5.41, 5.74) is 6.78. The fraction of sp³-hybridized carbons (Fsp3) is 0.600.